The van der Waals surface area contributed by atoms with Crippen LogP contribution in [0.2, 0.25) is 0 Å². The predicted molar refractivity (Wildman–Crippen MR) is 49.6 cm³/mol. The Hall–Kier alpha value is -0.0400. The van der Waals surface area contributed by atoms with Crippen LogP contribution in [0.15, 0.2) is 0 Å². The molecule has 0 saturated carbocycles. The molecule has 0 fully saturated rings. The lowest BCUT2D eigenvalue weighted by Gasteiger charge is -2.14. The molecule has 1 N–H and O–H groups in total. The van der Waals surface area contributed by atoms with Gasteiger partial charge in [-0.2, -0.15) is 0 Å². The van der Waals surface area contributed by atoms with Crippen molar-refractivity contribution in [2.75, 3.05) is 6.61 Å². The van der Waals surface area contributed by atoms with Gasteiger partial charge in [0.05, 0.1) is 0 Å². The molecule has 1 atom stereocenters. The van der Waals surface area contributed by atoms with Crippen LogP contribution < -0.4 is 0 Å². The van der Waals surface area contributed by atoms with E-state index in [1.807, 2.05) is 0 Å². The third-order valence-electron chi connectivity index (χ3n) is 2.27. The van der Waals surface area contributed by atoms with Crippen LogP contribution in [0.3, 0.4) is 0 Å². The molecule has 68 valence electrons. The van der Waals surface area contributed by atoms with Gasteiger partial charge in [0.15, 0.2) is 0 Å². The van der Waals surface area contributed by atoms with E-state index in [9.17, 15) is 0 Å². The Balaban J connectivity index is 3.35. The fraction of sp³-hybridized carbons (Fsp3) is 1.00. The highest BCUT2D eigenvalue weighted by Gasteiger charge is 2.05. The third kappa shape index (κ3) is 6.36. The zero-order valence-electron chi connectivity index (χ0n) is 8.14. The molecule has 0 amide bonds. The van der Waals surface area contributed by atoms with Gasteiger partial charge in [-0.15, -0.1) is 0 Å². The second-order valence-corrected chi connectivity index (χ2v) is 3.76. The Morgan fingerprint density at radius 2 is 1.73 bits per heavy atom. The van der Waals surface area contributed by atoms with Crippen molar-refractivity contribution in [1.82, 2.24) is 0 Å². The van der Waals surface area contributed by atoms with Gasteiger partial charge in [0.25, 0.3) is 0 Å². The molecule has 0 radical (unpaired) electrons. The van der Waals surface area contributed by atoms with Crippen molar-refractivity contribution in [3.8, 4) is 0 Å². The van der Waals surface area contributed by atoms with Crippen molar-refractivity contribution in [3.05, 3.63) is 0 Å². The maximum absolute atomic E-state index is 8.73. The molecule has 11 heavy (non-hydrogen) atoms. The average Bonchev–Trinajstić information content (AvgIpc) is 1.97. The minimum Gasteiger partial charge on any atom is -0.396 e. The van der Waals surface area contributed by atoms with Crippen molar-refractivity contribution in [1.29, 1.82) is 0 Å². The van der Waals surface area contributed by atoms with Crippen LogP contribution in [0, 0.1) is 11.8 Å². The monoisotopic (exact) mass is 158 g/mol. The summed E-state index contributed by atoms with van der Waals surface area (Å²) in [5.41, 5.74) is 0. The van der Waals surface area contributed by atoms with Crippen LogP contribution in [-0.4, -0.2) is 11.7 Å². The van der Waals surface area contributed by atoms with Crippen LogP contribution >= 0.6 is 0 Å². The summed E-state index contributed by atoms with van der Waals surface area (Å²) in [6.07, 6.45) is 4.80. The molecule has 0 aliphatic rings. The molecular formula is C10H22O. The van der Waals surface area contributed by atoms with Crippen LogP contribution in [0.4, 0.5) is 0 Å². The second kappa shape index (κ2) is 6.66. The average molecular weight is 158 g/mol. The first-order chi connectivity index (χ1) is 5.20. The van der Waals surface area contributed by atoms with Gasteiger partial charge in [0.1, 0.15) is 0 Å². The molecule has 1 unspecified atom stereocenters. The smallest absolute Gasteiger partial charge is 0.0433 e. The molecule has 0 spiro atoms. The van der Waals surface area contributed by atoms with E-state index in [0.29, 0.717) is 6.61 Å². The topological polar surface area (TPSA) is 20.2 Å². The minimum atomic E-state index is 0.358. The van der Waals surface area contributed by atoms with Crippen LogP contribution in [0.1, 0.15) is 46.5 Å². The number of aliphatic hydroxyl groups excluding tert-OH is 1. The lowest BCUT2D eigenvalue weighted by Crippen LogP contribution is -2.03. The summed E-state index contributed by atoms with van der Waals surface area (Å²) in [7, 11) is 0. The summed E-state index contributed by atoms with van der Waals surface area (Å²) in [6.45, 7) is 7.08. The maximum atomic E-state index is 8.73. The molecule has 1 nitrogen and oxygen atoms in total. The molecule has 0 aromatic heterocycles. The molecule has 0 heterocycles. The van der Waals surface area contributed by atoms with Crippen LogP contribution in [0.25, 0.3) is 0 Å². The number of hydrogen-bond donors (Lipinski definition) is 1. The van der Waals surface area contributed by atoms with E-state index in [0.717, 1.165) is 18.3 Å². The van der Waals surface area contributed by atoms with Crippen molar-refractivity contribution >= 4 is 0 Å². The Morgan fingerprint density at radius 1 is 1.09 bits per heavy atom. The summed E-state index contributed by atoms with van der Waals surface area (Å²) in [5.74, 6) is 1.56. The molecular weight excluding hydrogens is 136 g/mol. The number of rotatable bonds is 6. The predicted octanol–water partition coefficient (Wildman–Crippen LogP) is 2.83. The molecule has 0 aromatic carbocycles. The van der Waals surface area contributed by atoms with Crippen LogP contribution in [-0.2, 0) is 0 Å². The first kappa shape index (κ1) is 11.0. The zero-order chi connectivity index (χ0) is 8.69. The third-order valence-corrected chi connectivity index (χ3v) is 2.27. The zero-order valence-corrected chi connectivity index (χ0v) is 8.14. The summed E-state index contributed by atoms with van der Waals surface area (Å²) in [5, 5.41) is 8.73. The Labute approximate surface area is 70.8 Å². The van der Waals surface area contributed by atoms with Gasteiger partial charge in [-0.3, -0.25) is 0 Å². The highest BCUT2D eigenvalue weighted by molar-refractivity contribution is 4.58. The Bertz CT molecular complexity index is 78.9. The van der Waals surface area contributed by atoms with E-state index >= 15 is 0 Å². The van der Waals surface area contributed by atoms with Gasteiger partial charge in [0.2, 0.25) is 0 Å². The molecule has 0 saturated heterocycles. The van der Waals surface area contributed by atoms with Gasteiger partial charge in [-0.05, 0) is 18.3 Å². The van der Waals surface area contributed by atoms with Crippen molar-refractivity contribution < 1.29 is 5.11 Å². The Morgan fingerprint density at radius 3 is 2.09 bits per heavy atom. The molecule has 1 heteroatoms. The fourth-order valence-electron chi connectivity index (χ4n) is 1.30. The van der Waals surface area contributed by atoms with Gasteiger partial charge in [0, 0.05) is 6.61 Å². The van der Waals surface area contributed by atoms with E-state index in [1.54, 1.807) is 0 Å². The SMILES string of the molecule is CCC(CCO)CCC(C)C. The first-order valence-electron chi connectivity index (χ1n) is 4.81. The molecule has 0 aliphatic carbocycles. The van der Waals surface area contributed by atoms with Crippen molar-refractivity contribution in [2.24, 2.45) is 11.8 Å². The highest BCUT2D eigenvalue weighted by Crippen LogP contribution is 2.17. The second-order valence-electron chi connectivity index (χ2n) is 3.76. The van der Waals surface area contributed by atoms with Gasteiger partial charge in [-0.1, -0.05) is 40.0 Å². The highest BCUT2D eigenvalue weighted by atomic mass is 16.3. The molecule has 0 rings (SSSR count). The molecule has 0 aliphatic heterocycles. The van der Waals surface area contributed by atoms with E-state index in [1.165, 1.54) is 19.3 Å². The normalized spacial score (nSPS) is 13.9. The number of hydrogen-bond acceptors (Lipinski definition) is 1. The van der Waals surface area contributed by atoms with Crippen molar-refractivity contribution in [2.45, 2.75) is 46.5 Å². The number of aliphatic hydroxyl groups is 1. The standard InChI is InChI=1S/C10H22O/c1-4-10(7-8-11)6-5-9(2)3/h9-11H,4-8H2,1-3H3. The van der Waals surface area contributed by atoms with E-state index in [4.69, 9.17) is 5.11 Å². The van der Waals surface area contributed by atoms with E-state index in [-0.39, 0.29) is 0 Å². The summed E-state index contributed by atoms with van der Waals surface area (Å²) < 4.78 is 0. The summed E-state index contributed by atoms with van der Waals surface area (Å²) >= 11 is 0. The van der Waals surface area contributed by atoms with Crippen LogP contribution in [0.5, 0.6) is 0 Å². The summed E-state index contributed by atoms with van der Waals surface area (Å²) in [6, 6.07) is 0. The molecule has 0 aromatic rings. The largest absolute Gasteiger partial charge is 0.396 e. The van der Waals surface area contributed by atoms with Gasteiger partial charge in [-0.25, -0.2) is 0 Å². The first-order valence-corrected chi connectivity index (χ1v) is 4.81. The van der Waals surface area contributed by atoms with Gasteiger partial charge < -0.3 is 5.11 Å². The summed E-state index contributed by atoms with van der Waals surface area (Å²) in [4.78, 5) is 0. The van der Waals surface area contributed by atoms with E-state index in [2.05, 4.69) is 20.8 Å². The fourth-order valence-corrected chi connectivity index (χ4v) is 1.30. The van der Waals surface area contributed by atoms with Crippen molar-refractivity contribution in [3.63, 3.8) is 0 Å². The molecule has 0 bridgehead atoms. The minimum absolute atomic E-state index is 0.358. The maximum Gasteiger partial charge on any atom is 0.0433 e. The quantitative estimate of drug-likeness (QED) is 0.630. The van der Waals surface area contributed by atoms with E-state index < -0.39 is 0 Å². The van der Waals surface area contributed by atoms with Gasteiger partial charge >= 0.3 is 0 Å². The Kier molecular flexibility index (Phi) is 6.63. The lowest BCUT2D eigenvalue weighted by atomic mass is 9.93. The lowest BCUT2D eigenvalue weighted by molar-refractivity contribution is 0.244.